The Morgan fingerprint density at radius 2 is 1.00 bits per heavy atom. The summed E-state index contributed by atoms with van der Waals surface area (Å²) in [5.41, 5.74) is 12.6. The normalized spacial score (nSPS) is 8.36. The maximum Gasteiger partial charge on any atom is 0.0320 e. The molecular formula is C20H28N2. The molecular weight excluding hydrogens is 268 g/mol. The first-order chi connectivity index (χ1) is 10.8. The monoisotopic (exact) mass is 296 g/mol. The Morgan fingerprint density at radius 1 is 0.500 bits per heavy atom. The summed E-state index contributed by atoms with van der Waals surface area (Å²) in [6.07, 6.45) is 0. The number of rotatable bonds is 0. The molecule has 0 aromatic heterocycles. The fourth-order valence-corrected chi connectivity index (χ4v) is 1.66. The zero-order valence-corrected chi connectivity index (χ0v) is 14.1. The van der Waals surface area contributed by atoms with Gasteiger partial charge in [-0.3, -0.25) is 0 Å². The highest BCUT2D eigenvalue weighted by atomic mass is 14.5. The summed E-state index contributed by atoms with van der Waals surface area (Å²) in [4.78, 5) is 0. The summed E-state index contributed by atoms with van der Waals surface area (Å²) in [7, 11) is 0. The number of fused-ring (bicyclic) bond motifs is 1. The Hall–Kier alpha value is -2.48. The van der Waals surface area contributed by atoms with Gasteiger partial charge >= 0.3 is 0 Å². The van der Waals surface area contributed by atoms with E-state index in [1.54, 1.807) is 0 Å². The predicted octanol–water partition coefficient (Wildman–Crippen LogP) is 5.74. The fraction of sp³-hybridized carbons (Fsp3) is 0.200. The molecule has 0 bridgehead atoms. The molecule has 22 heavy (non-hydrogen) atoms. The van der Waals surface area contributed by atoms with Gasteiger partial charge in [0, 0.05) is 11.4 Å². The van der Waals surface area contributed by atoms with Crippen LogP contribution in [0.5, 0.6) is 0 Å². The number of hydrogen-bond acceptors (Lipinski definition) is 2. The minimum Gasteiger partial charge on any atom is -0.399 e. The van der Waals surface area contributed by atoms with Crippen LogP contribution < -0.4 is 11.5 Å². The molecule has 0 radical (unpaired) electrons. The maximum atomic E-state index is 5.62. The first kappa shape index (κ1) is 19.5. The molecule has 0 fully saturated rings. The number of nitrogens with two attached hydrogens (primary N) is 2. The number of nitrogen functional groups attached to an aromatic ring is 2. The molecule has 0 aliphatic heterocycles. The summed E-state index contributed by atoms with van der Waals surface area (Å²) >= 11 is 0. The van der Waals surface area contributed by atoms with Crippen LogP contribution in [-0.4, -0.2) is 0 Å². The molecule has 0 saturated carbocycles. The van der Waals surface area contributed by atoms with Gasteiger partial charge in [-0.1, -0.05) is 76.2 Å². The second-order valence-electron chi connectivity index (χ2n) is 4.02. The summed E-state index contributed by atoms with van der Waals surface area (Å²) in [6, 6.07) is 23.6. The number of benzene rings is 3. The van der Waals surface area contributed by atoms with Crippen LogP contribution in [-0.2, 0) is 0 Å². The van der Waals surface area contributed by atoms with Gasteiger partial charge in [-0.2, -0.15) is 0 Å². The molecule has 118 valence electrons. The fourth-order valence-electron chi connectivity index (χ4n) is 1.66. The quantitative estimate of drug-likeness (QED) is 0.519. The summed E-state index contributed by atoms with van der Waals surface area (Å²) < 4.78 is 0. The van der Waals surface area contributed by atoms with Gasteiger partial charge in [-0.25, -0.2) is 0 Å². The third kappa shape index (κ3) is 7.34. The standard InChI is InChI=1S/C10H9N.C6H7N.2C2H6/c11-10-6-5-8-3-1-2-4-9(8)7-10;7-6-4-2-1-3-5-6;2*1-2/h1-7H,11H2;1-5H,7H2;2*1-2H3. The van der Waals surface area contributed by atoms with E-state index in [-0.39, 0.29) is 0 Å². The molecule has 0 heterocycles. The SMILES string of the molecule is CC.CC.Nc1ccc2ccccc2c1.Nc1ccccc1. The van der Waals surface area contributed by atoms with Gasteiger partial charge < -0.3 is 11.5 Å². The molecule has 0 aliphatic rings. The topological polar surface area (TPSA) is 52.0 Å². The van der Waals surface area contributed by atoms with Crippen LogP contribution >= 0.6 is 0 Å². The number of hydrogen-bond donors (Lipinski definition) is 2. The van der Waals surface area contributed by atoms with Gasteiger partial charge in [0.2, 0.25) is 0 Å². The lowest BCUT2D eigenvalue weighted by Crippen LogP contribution is -1.82. The van der Waals surface area contributed by atoms with Crippen molar-refractivity contribution in [3.63, 3.8) is 0 Å². The van der Waals surface area contributed by atoms with Crippen LogP contribution in [0, 0.1) is 0 Å². The van der Waals surface area contributed by atoms with Crippen molar-refractivity contribution in [3.05, 3.63) is 72.8 Å². The average Bonchev–Trinajstić information content (AvgIpc) is 2.60. The molecule has 3 aromatic rings. The third-order valence-corrected chi connectivity index (χ3v) is 2.57. The van der Waals surface area contributed by atoms with E-state index in [0.29, 0.717) is 0 Å². The minimum atomic E-state index is 0.822. The molecule has 0 unspecified atom stereocenters. The van der Waals surface area contributed by atoms with Gasteiger partial charge in [0.25, 0.3) is 0 Å². The van der Waals surface area contributed by atoms with Crippen molar-refractivity contribution in [1.82, 2.24) is 0 Å². The largest absolute Gasteiger partial charge is 0.399 e. The highest BCUT2D eigenvalue weighted by Crippen LogP contribution is 2.15. The van der Waals surface area contributed by atoms with Crippen LogP contribution in [0.15, 0.2) is 72.8 Å². The van der Waals surface area contributed by atoms with Crippen molar-refractivity contribution >= 4 is 22.1 Å². The van der Waals surface area contributed by atoms with Crippen LogP contribution in [0.1, 0.15) is 27.7 Å². The van der Waals surface area contributed by atoms with E-state index in [9.17, 15) is 0 Å². The second kappa shape index (κ2) is 12.3. The summed E-state index contributed by atoms with van der Waals surface area (Å²) in [5, 5.41) is 2.44. The molecule has 0 atom stereocenters. The van der Waals surface area contributed by atoms with Crippen LogP contribution in [0.4, 0.5) is 11.4 Å². The van der Waals surface area contributed by atoms with E-state index in [1.165, 1.54) is 10.8 Å². The molecule has 0 saturated heterocycles. The zero-order chi connectivity index (χ0) is 16.8. The van der Waals surface area contributed by atoms with Gasteiger partial charge in [0.1, 0.15) is 0 Å². The third-order valence-electron chi connectivity index (χ3n) is 2.57. The van der Waals surface area contributed by atoms with Gasteiger partial charge in [0.05, 0.1) is 0 Å². The lowest BCUT2D eigenvalue weighted by atomic mass is 10.1. The molecule has 0 amide bonds. The zero-order valence-electron chi connectivity index (χ0n) is 14.1. The van der Waals surface area contributed by atoms with E-state index in [0.717, 1.165) is 11.4 Å². The highest BCUT2D eigenvalue weighted by Gasteiger charge is 1.89. The Morgan fingerprint density at radius 3 is 1.50 bits per heavy atom. The van der Waals surface area contributed by atoms with E-state index < -0.39 is 0 Å². The Bertz CT molecular complexity index is 619. The second-order valence-corrected chi connectivity index (χ2v) is 4.02. The van der Waals surface area contributed by atoms with Crippen molar-refractivity contribution in [3.8, 4) is 0 Å². The van der Waals surface area contributed by atoms with Crippen molar-refractivity contribution in [2.75, 3.05) is 11.5 Å². The summed E-state index contributed by atoms with van der Waals surface area (Å²) in [6.45, 7) is 8.00. The molecule has 2 heteroatoms. The van der Waals surface area contributed by atoms with Crippen LogP contribution in [0.2, 0.25) is 0 Å². The molecule has 0 aliphatic carbocycles. The molecule has 0 spiro atoms. The molecule has 3 rings (SSSR count). The number of anilines is 2. The van der Waals surface area contributed by atoms with Gasteiger partial charge in [0.15, 0.2) is 0 Å². The first-order valence-electron chi connectivity index (χ1n) is 7.80. The van der Waals surface area contributed by atoms with E-state index >= 15 is 0 Å². The van der Waals surface area contributed by atoms with E-state index in [2.05, 4.69) is 12.1 Å². The number of para-hydroxylation sites is 1. The predicted molar refractivity (Wildman–Crippen MR) is 102 cm³/mol. The lowest BCUT2D eigenvalue weighted by Gasteiger charge is -1.96. The summed E-state index contributed by atoms with van der Waals surface area (Å²) in [5.74, 6) is 0. The average molecular weight is 296 g/mol. The Kier molecular flexibility index (Phi) is 10.9. The van der Waals surface area contributed by atoms with Crippen LogP contribution in [0.25, 0.3) is 10.8 Å². The van der Waals surface area contributed by atoms with Crippen molar-refractivity contribution < 1.29 is 0 Å². The minimum absolute atomic E-state index is 0.822. The molecule has 3 aromatic carbocycles. The lowest BCUT2D eigenvalue weighted by molar-refractivity contribution is 1.50. The Labute approximate surface area is 134 Å². The van der Waals surface area contributed by atoms with Gasteiger partial charge in [-0.05, 0) is 35.0 Å². The van der Waals surface area contributed by atoms with Gasteiger partial charge in [-0.15, -0.1) is 0 Å². The van der Waals surface area contributed by atoms with Crippen LogP contribution in [0.3, 0.4) is 0 Å². The van der Waals surface area contributed by atoms with Crippen molar-refractivity contribution in [2.24, 2.45) is 0 Å². The maximum absolute atomic E-state index is 5.62. The highest BCUT2D eigenvalue weighted by molar-refractivity contribution is 5.85. The molecule has 2 nitrogen and oxygen atoms in total. The Balaban J connectivity index is 0.000000348. The van der Waals surface area contributed by atoms with Crippen molar-refractivity contribution in [1.29, 1.82) is 0 Å². The van der Waals surface area contributed by atoms with E-state index in [1.807, 2.05) is 88.4 Å². The molecule has 4 N–H and O–H groups in total. The smallest absolute Gasteiger partial charge is 0.0320 e. The van der Waals surface area contributed by atoms with E-state index in [4.69, 9.17) is 11.5 Å². The van der Waals surface area contributed by atoms with Crippen molar-refractivity contribution in [2.45, 2.75) is 27.7 Å². The first-order valence-corrected chi connectivity index (χ1v) is 7.80.